The predicted octanol–water partition coefficient (Wildman–Crippen LogP) is 1.33. The summed E-state index contributed by atoms with van der Waals surface area (Å²) in [5.41, 5.74) is 6.62. The number of benzene rings is 1. The molecule has 0 radical (unpaired) electrons. The minimum absolute atomic E-state index is 0.100. The number of carbonyl (C=O) groups excluding carboxylic acids is 1. The maximum atomic E-state index is 11.9. The van der Waals surface area contributed by atoms with Crippen LogP contribution in [0.25, 0.3) is 0 Å². The average Bonchev–Trinajstić information content (AvgIpc) is 2.97. The van der Waals surface area contributed by atoms with Gasteiger partial charge in [-0.1, -0.05) is 30.3 Å². The Morgan fingerprint density at radius 2 is 2.05 bits per heavy atom. The van der Waals surface area contributed by atoms with Gasteiger partial charge in [0.05, 0.1) is 6.42 Å². The van der Waals surface area contributed by atoms with E-state index in [1.807, 2.05) is 35.7 Å². The second-order valence-electron chi connectivity index (χ2n) is 4.50. The van der Waals surface area contributed by atoms with Gasteiger partial charge < -0.3 is 0 Å². The number of amides is 1. The first-order valence-corrected chi connectivity index (χ1v) is 7.24. The van der Waals surface area contributed by atoms with E-state index in [0.717, 1.165) is 16.4 Å². The summed E-state index contributed by atoms with van der Waals surface area (Å²) in [5, 5.41) is 2.91. The van der Waals surface area contributed by atoms with Crippen molar-refractivity contribution in [3.8, 4) is 0 Å². The van der Waals surface area contributed by atoms with Crippen molar-refractivity contribution in [3.63, 3.8) is 0 Å². The molecule has 2 heterocycles. The highest BCUT2D eigenvalue weighted by molar-refractivity contribution is 7.09. The van der Waals surface area contributed by atoms with Crippen LogP contribution < -0.4 is 10.9 Å². The Hall–Kier alpha value is -2.21. The first-order chi connectivity index (χ1) is 9.81. The number of nitrogens with zero attached hydrogens (tertiary/aromatic N) is 2. The standard InChI is InChI=1S/C14H14N4OS/c19-14-11(8-10-4-2-1-3-5-10)16-12(17-18-14)9-13-15-6-7-20-13/h1-7,11H,8-9H2,(H,16,17)(H,18,19). The molecule has 1 aromatic heterocycles. The number of aromatic nitrogens is 1. The normalized spacial score (nSPS) is 18.1. The van der Waals surface area contributed by atoms with Crippen LogP contribution in [-0.2, 0) is 17.6 Å². The molecular weight excluding hydrogens is 272 g/mol. The molecule has 6 heteroatoms. The summed E-state index contributed by atoms with van der Waals surface area (Å²) in [6.45, 7) is 0. The number of carbonyl (C=O) groups is 1. The third-order valence-corrected chi connectivity index (χ3v) is 3.80. The summed E-state index contributed by atoms with van der Waals surface area (Å²) in [7, 11) is 0. The maximum absolute atomic E-state index is 11.9. The number of hydrogen-bond acceptors (Lipinski definition) is 5. The van der Waals surface area contributed by atoms with Crippen molar-refractivity contribution in [3.05, 3.63) is 52.5 Å². The van der Waals surface area contributed by atoms with E-state index in [2.05, 4.69) is 20.8 Å². The molecule has 1 aliphatic heterocycles. The van der Waals surface area contributed by atoms with Crippen molar-refractivity contribution in [2.75, 3.05) is 0 Å². The molecule has 1 unspecified atom stereocenters. The Kier molecular flexibility index (Phi) is 3.73. The zero-order chi connectivity index (χ0) is 13.8. The molecule has 0 saturated carbocycles. The topological polar surface area (TPSA) is 66.4 Å². The number of aliphatic imine (C=N–C) groups is 1. The highest BCUT2D eigenvalue weighted by atomic mass is 32.1. The third kappa shape index (κ3) is 3.03. The van der Waals surface area contributed by atoms with Crippen LogP contribution >= 0.6 is 11.3 Å². The Morgan fingerprint density at radius 3 is 2.80 bits per heavy atom. The molecule has 1 amide bonds. The van der Waals surface area contributed by atoms with Crippen LogP contribution in [0, 0.1) is 0 Å². The molecule has 0 saturated heterocycles. The fraction of sp³-hybridized carbons (Fsp3) is 0.214. The smallest absolute Gasteiger partial charge is 0.263 e. The summed E-state index contributed by atoms with van der Waals surface area (Å²) in [4.78, 5) is 20.6. The van der Waals surface area contributed by atoms with E-state index in [4.69, 9.17) is 0 Å². The first kappa shape index (κ1) is 12.8. The highest BCUT2D eigenvalue weighted by Gasteiger charge is 2.23. The van der Waals surface area contributed by atoms with E-state index in [1.54, 1.807) is 17.5 Å². The molecule has 2 aromatic rings. The van der Waals surface area contributed by atoms with Crippen molar-refractivity contribution in [1.29, 1.82) is 0 Å². The van der Waals surface area contributed by atoms with Gasteiger partial charge in [0.2, 0.25) is 0 Å². The summed E-state index contributed by atoms with van der Waals surface area (Å²) in [5.74, 6) is 0.650. The average molecular weight is 286 g/mol. The molecule has 1 aromatic carbocycles. The van der Waals surface area contributed by atoms with Crippen LogP contribution in [0.3, 0.4) is 0 Å². The number of hydrazine groups is 1. The molecule has 5 nitrogen and oxygen atoms in total. The molecule has 0 fully saturated rings. The van der Waals surface area contributed by atoms with Crippen LogP contribution in [0.1, 0.15) is 10.6 Å². The van der Waals surface area contributed by atoms with Gasteiger partial charge in [0.25, 0.3) is 5.91 Å². The number of amidine groups is 1. The van der Waals surface area contributed by atoms with Crippen LogP contribution in [-0.4, -0.2) is 22.8 Å². The van der Waals surface area contributed by atoms with Gasteiger partial charge in [-0.05, 0) is 5.56 Å². The summed E-state index contributed by atoms with van der Waals surface area (Å²) < 4.78 is 0. The van der Waals surface area contributed by atoms with Gasteiger partial charge in [-0.25, -0.2) is 4.98 Å². The van der Waals surface area contributed by atoms with Gasteiger partial charge in [-0.3, -0.25) is 20.6 Å². The molecule has 3 rings (SSSR count). The number of hydrogen-bond donors (Lipinski definition) is 2. The van der Waals surface area contributed by atoms with E-state index in [1.165, 1.54) is 0 Å². The lowest BCUT2D eigenvalue weighted by Gasteiger charge is -2.22. The Bertz CT molecular complexity index is 609. The summed E-state index contributed by atoms with van der Waals surface area (Å²) >= 11 is 1.58. The summed E-state index contributed by atoms with van der Waals surface area (Å²) in [6.07, 6.45) is 2.99. The lowest BCUT2D eigenvalue weighted by molar-refractivity contribution is -0.123. The highest BCUT2D eigenvalue weighted by Crippen LogP contribution is 2.10. The molecule has 1 atom stereocenters. The van der Waals surface area contributed by atoms with E-state index in [0.29, 0.717) is 12.8 Å². The molecule has 0 spiro atoms. The monoisotopic (exact) mass is 286 g/mol. The largest absolute Gasteiger partial charge is 0.285 e. The molecule has 0 aliphatic carbocycles. The number of rotatable bonds is 4. The van der Waals surface area contributed by atoms with Crippen LogP contribution in [0.15, 0.2) is 46.9 Å². The van der Waals surface area contributed by atoms with Gasteiger partial charge in [0, 0.05) is 18.0 Å². The van der Waals surface area contributed by atoms with E-state index >= 15 is 0 Å². The van der Waals surface area contributed by atoms with Gasteiger partial charge in [-0.15, -0.1) is 11.3 Å². The number of nitrogens with one attached hydrogen (secondary N) is 2. The minimum atomic E-state index is -0.381. The molecule has 2 N–H and O–H groups in total. The summed E-state index contributed by atoms with van der Waals surface area (Å²) in [6, 6.07) is 9.52. The van der Waals surface area contributed by atoms with Gasteiger partial charge in [0.1, 0.15) is 16.9 Å². The SMILES string of the molecule is O=C1NNC(Cc2nccs2)=NC1Cc1ccccc1. The Balaban J connectivity index is 1.73. The fourth-order valence-corrected chi connectivity index (χ4v) is 2.67. The van der Waals surface area contributed by atoms with Gasteiger partial charge in [-0.2, -0.15) is 0 Å². The van der Waals surface area contributed by atoms with Crippen molar-refractivity contribution < 1.29 is 4.79 Å². The van der Waals surface area contributed by atoms with Crippen LogP contribution in [0.4, 0.5) is 0 Å². The van der Waals surface area contributed by atoms with Gasteiger partial charge in [0.15, 0.2) is 0 Å². The third-order valence-electron chi connectivity index (χ3n) is 3.02. The number of thiazole rings is 1. The Morgan fingerprint density at radius 1 is 1.20 bits per heavy atom. The molecule has 1 aliphatic rings. The molecule has 102 valence electrons. The van der Waals surface area contributed by atoms with Crippen LogP contribution in [0.5, 0.6) is 0 Å². The second-order valence-corrected chi connectivity index (χ2v) is 5.48. The van der Waals surface area contributed by atoms with Crippen molar-refractivity contribution in [1.82, 2.24) is 15.8 Å². The zero-order valence-corrected chi connectivity index (χ0v) is 11.6. The first-order valence-electron chi connectivity index (χ1n) is 6.36. The lowest BCUT2D eigenvalue weighted by Crippen LogP contribution is -2.52. The van der Waals surface area contributed by atoms with E-state index < -0.39 is 0 Å². The quantitative estimate of drug-likeness (QED) is 0.891. The lowest BCUT2D eigenvalue weighted by atomic mass is 10.1. The minimum Gasteiger partial charge on any atom is -0.285 e. The van der Waals surface area contributed by atoms with Crippen molar-refractivity contribution in [2.24, 2.45) is 4.99 Å². The molecular formula is C14H14N4OS. The van der Waals surface area contributed by atoms with Crippen LogP contribution in [0.2, 0.25) is 0 Å². The van der Waals surface area contributed by atoms with Crippen molar-refractivity contribution in [2.45, 2.75) is 18.9 Å². The molecule has 20 heavy (non-hydrogen) atoms. The molecule has 0 bridgehead atoms. The van der Waals surface area contributed by atoms with Gasteiger partial charge >= 0.3 is 0 Å². The Labute approximate surface area is 120 Å². The maximum Gasteiger partial charge on any atom is 0.263 e. The predicted molar refractivity (Wildman–Crippen MR) is 78.5 cm³/mol. The van der Waals surface area contributed by atoms with E-state index in [9.17, 15) is 4.79 Å². The fourth-order valence-electron chi connectivity index (χ4n) is 2.05. The zero-order valence-electron chi connectivity index (χ0n) is 10.7. The van der Waals surface area contributed by atoms with E-state index in [-0.39, 0.29) is 11.9 Å². The van der Waals surface area contributed by atoms with Crippen molar-refractivity contribution >= 4 is 23.1 Å². The second kappa shape index (κ2) is 5.83.